The number of likely N-dealkylation sites (tertiary alicyclic amines) is 1. The maximum absolute atomic E-state index is 12.9. The minimum Gasteiger partial charge on any atom is -0.481 e. The molecule has 26 heavy (non-hydrogen) atoms. The van der Waals surface area contributed by atoms with Crippen LogP contribution in [0.25, 0.3) is 0 Å². The highest BCUT2D eigenvalue weighted by Crippen LogP contribution is 2.42. The van der Waals surface area contributed by atoms with Gasteiger partial charge in [0.05, 0.1) is 12.2 Å². The zero-order chi connectivity index (χ0) is 18.1. The van der Waals surface area contributed by atoms with Crippen LogP contribution in [-0.2, 0) is 16.1 Å². The first kappa shape index (κ1) is 16.8. The largest absolute Gasteiger partial charge is 0.481 e. The molecule has 1 aromatic carbocycles. The molecule has 1 amide bonds. The lowest BCUT2D eigenvalue weighted by atomic mass is 9.76. The van der Waals surface area contributed by atoms with Crippen molar-refractivity contribution in [2.45, 2.75) is 13.0 Å². The van der Waals surface area contributed by atoms with E-state index in [0.717, 1.165) is 5.56 Å². The zero-order valence-electron chi connectivity index (χ0n) is 14.5. The molecule has 2 aliphatic heterocycles. The van der Waals surface area contributed by atoms with Crippen LogP contribution in [0.3, 0.4) is 0 Å². The predicted molar refractivity (Wildman–Crippen MR) is 94.9 cm³/mol. The number of nitrogens with zero attached hydrogens (tertiary/aromatic N) is 2. The van der Waals surface area contributed by atoms with Gasteiger partial charge >= 0.3 is 5.97 Å². The van der Waals surface area contributed by atoms with Crippen molar-refractivity contribution < 1.29 is 19.4 Å². The molecule has 6 nitrogen and oxygen atoms in total. The monoisotopic (exact) mass is 354 g/mol. The molecule has 0 unspecified atom stereocenters. The molecule has 136 valence electrons. The van der Waals surface area contributed by atoms with Gasteiger partial charge in [0.25, 0.3) is 5.91 Å². The number of aliphatic carboxylic acids is 1. The predicted octanol–water partition coefficient (Wildman–Crippen LogP) is 2.10. The summed E-state index contributed by atoms with van der Waals surface area (Å²) in [7, 11) is 0. The molecule has 1 N–H and O–H groups in total. The van der Waals surface area contributed by atoms with Gasteiger partial charge in [-0.3, -0.25) is 9.59 Å². The Morgan fingerprint density at radius 3 is 2.77 bits per heavy atom. The first-order valence-corrected chi connectivity index (χ1v) is 8.89. The number of carbonyl (C=O) groups is 2. The minimum absolute atomic E-state index is 0.0379. The Morgan fingerprint density at radius 2 is 2.04 bits per heavy atom. The third kappa shape index (κ3) is 2.90. The number of carboxylic acids is 1. The highest BCUT2D eigenvalue weighted by atomic mass is 16.5. The Bertz CT molecular complexity index is 816. The van der Waals surface area contributed by atoms with E-state index in [2.05, 4.69) is 0 Å². The summed E-state index contributed by atoms with van der Waals surface area (Å²) >= 11 is 0. The van der Waals surface area contributed by atoms with Crippen molar-refractivity contribution in [1.82, 2.24) is 9.47 Å². The molecule has 6 heteroatoms. The summed E-state index contributed by atoms with van der Waals surface area (Å²) in [6.45, 7) is 2.15. The normalized spacial score (nSPS) is 25.1. The SMILES string of the molecule is O=C(c1ccn(Cc2ccccc2)c1)N1C[C@H]2CCOC[C@@]2(C(=O)O)C1. The van der Waals surface area contributed by atoms with E-state index in [1.165, 1.54) is 0 Å². The van der Waals surface area contributed by atoms with E-state index in [0.29, 0.717) is 31.7 Å². The number of rotatable bonds is 4. The first-order chi connectivity index (χ1) is 12.6. The lowest BCUT2D eigenvalue weighted by Gasteiger charge is -2.33. The number of fused-ring (bicyclic) bond motifs is 1. The van der Waals surface area contributed by atoms with Crippen LogP contribution >= 0.6 is 0 Å². The fourth-order valence-corrected chi connectivity index (χ4v) is 4.09. The van der Waals surface area contributed by atoms with Gasteiger partial charge in [0.15, 0.2) is 0 Å². The van der Waals surface area contributed by atoms with Gasteiger partial charge in [0, 0.05) is 38.6 Å². The Kier molecular flexibility index (Phi) is 4.28. The smallest absolute Gasteiger partial charge is 0.314 e. The summed E-state index contributed by atoms with van der Waals surface area (Å²) in [4.78, 5) is 26.4. The number of hydrogen-bond acceptors (Lipinski definition) is 3. The molecular weight excluding hydrogens is 332 g/mol. The van der Waals surface area contributed by atoms with Crippen LogP contribution in [0, 0.1) is 11.3 Å². The Balaban J connectivity index is 1.49. The Hall–Kier alpha value is -2.60. The molecule has 0 radical (unpaired) electrons. The number of aromatic nitrogens is 1. The molecule has 2 fully saturated rings. The minimum atomic E-state index is -0.958. The number of carboxylic acid groups (broad SMARTS) is 1. The summed E-state index contributed by atoms with van der Waals surface area (Å²) in [5.41, 5.74) is 0.804. The van der Waals surface area contributed by atoms with Gasteiger partial charge in [-0.2, -0.15) is 0 Å². The van der Waals surface area contributed by atoms with Crippen LogP contribution in [0.2, 0.25) is 0 Å². The van der Waals surface area contributed by atoms with Crippen molar-refractivity contribution in [3.63, 3.8) is 0 Å². The first-order valence-electron chi connectivity index (χ1n) is 8.89. The molecular formula is C20H22N2O4. The summed E-state index contributed by atoms with van der Waals surface area (Å²) in [5.74, 6) is -1.00. The van der Waals surface area contributed by atoms with Gasteiger partial charge in [0.1, 0.15) is 5.41 Å². The average Bonchev–Trinajstić information content (AvgIpc) is 3.27. The molecule has 0 aliphatic carbocycles. The quantitative estimate of drug-likeness (QED) is 0.913. The summed E-state index contributed by atoms with van der Waals surface area (Å²) in [5, 5.41) is 9.72. The van der Waals surface area contributed by atoms with E-state index in [4.69, 9.17) is 4.74 Å². The van der Waals surface area contributed by atoms with Gasteiger partial charge in [-0.25, -0.2) is 0 Å². The van der Waals surface area contributed by atoms with Gasteiger partial charge in [-0.05, 0) is 24.0 Å². The Labute approximate surface area is 152 Å². The number of hydrogen-bond donors (Lipinski definition) is 1. The molecule has 3 heterocycles. The highest BCUT2D eigenvalue weighted by Gasteiger charge is 2.55. The van der Waals surface area contributed by atoms with E-state index < -0.39 is 11.4 Å². The fourth-order valence-electron chi connectivity index (χ4n) is 4.09. The molecule has 2 saturated heterocycles. The van der Waals surface area contributed by atoms with E-state index in [1.807, 2.05) is 47.3 Å². The summed E-state index contributed by atoms with van der Waals surface area (Å²) < 4.78 is 7.40. The van der Waals surface area contributed by atoms with Gasteiger partial charge in [-0.15, -0.1) is 0 Å². The van der Waals surface area contributed by atoms with E-state index >= 15 is 0 Å². The summed E-state index contributed by atoms with van der Waals surface area (Å²) in [6.07, 6.45) is 4.41. The van der Waals surface area contributed by atoms with Crippen molar-refractivity contribution in [3.8, 4) is 0 Å². The third-order valence-corrected chi connectivity index (χ3v) is 5.58. The molecule has 2 aliphatic rings. The summed E-state index contributed by atoms with van der Waals surface area (Å²) in [6, 6.07) is 11.8. The van der Waals surface area contributed by atoms with Gasteiger partial charge in [0.2, 0.25) is 0 Å². The second-order valence-electron chi connectivity index (χ2n) is 7.24. The average molecular weight is 354 g/mol. The van der Waals surface area contributed by atoms with Crippen molar-refractivity contribution in [1.29, 1.82) is 0 Å². The fraction of sp³-hybridized carbons (Fsp3) is 0.400. The second kappa shape index (κ2) is 6.61. The molecule has 1 aromatic heterocycles. The van der Waals surface area contributed by atoms with Crippen molar-refractivity contribution >= 4 is 11.9 Å². The van der Waals surface area contributed by atoms with Gasteiger partial charge in [-0.1, -0.05) is 30.3 Å². The number of carbonyl (C=O) groups excluding carboxylic acids is 1. The van der Waals surface area contributed by atoms with Crippen molar-refractivity contribution in [2.24, 2.45) is 11.3 Å². The van der Waals surface area contributed by atoms with Crippen molar-refractivity contribution in [2.75, 3.05) is 26.3 Å². The van der Waals surface area contributed by atoms with Crippen LogP contribution < -0.4 is 0 Å². The molecule has 2 aromatic rings. The highest BCUT2D eigenvalue weighted by molar-refractivity contribution is 5.95. The molecule has 4 rings (SSSR count). The molecule has 0 saturated carbocycles. The lowest BCUT2D eigenvalue weighted by molar-refractivity contribution is -0.159. The maximum atomic E-state index is 12.9. The third-order valence-electron chi connectivity index (χ3n) is 5.58. The number of ether oxygens (including phenoxy) is 1. The number of benzene rings is 1. The van der Waals surface area contributed by atoms with E-state index in [9.17, 15) is 14.7 Å². The number of amides is 1. The standard InChI is InChI=1S/C20H22N2O4/c23-18(16-6-8-21(11-16)10-15-4-2-1-3-5-15)22-12-17-7-9-26-14-20(17,13-22)19(24)25/h1-6,8,11,17H,7,9-10,12-14H2,(H,24,25)/t17-,20+/m1/s1. The van der Waals surface area contributed by atoms with Crippen LogP contribution in [-0.4, -0.2) is 52.8 Å². The molecule has 0 spiro atoms. The van der Waals surface area contributed by atoms with Crippen LogP contribution in [0.5, 0.6) is 0 Å². The van der Waals surface area contributed by atoms with Crippen LogP contribution in [0.4, 0.5) is 0 Å². The van der Waals surface area contributed by atoms with Crippen molar-refractivity contribution in [3.05, 3.63) is 59.9 Å². The lowest BCUT2D eigenvalue weighted by Crippen LogP contribution is -2.46. The Morgan fingerprint density at radius 1 is 1.23 bits per heavy atom. The van der Waals surface area contributed by atoms with Crippen LogP contribution in [0.1, 0.15) is 22.3 Å². The topological polar surface area (TPSA) is 71.8 Å². The molecule has 2 atom stereocenters. The molecule has 0 bridgehead atoms. The zero-order valence-corrected chi connectivity index (χ0v) is 14.5. The van der Waals surface area contributed by atoms with Gasteiger partial charge < -0.3 is 19.3 Å². The van der Waals surface area contributed by atoms with Crippen LogP contribution in [0.15, 0.2) is 48.8 Å². The maximum Gasteiger partial charge on any atom is 0.314 e. The second-order valence-corrected chi connectivity index (χ2v) is 7.24. The van der Waals surface area contributed by atoms with E-state index in [1.54, 1.807) is 11.0 Å². The van der Waals surface area contributed by atoms with E-state index in [-0.39, 0.29) is 25.0 Å².